The molecule has 3 aromatic rings. The zero-order chi connectivity index (χ0) is 18.1. The molecule has 0 radical (unpaired) electrons. The van der Waals surface area contributed by atoms with Crippen LogP contribution in [0.15, 0.2) is 54.7 Å². The molecule has 2 aromatic carbocycles. The number of hydrogen-bond acceptors (Lipinski definition) is 2. The van der Waals surface area contributed by atoms with Crippen molar-refractivity contribution in [3.63, 3.8) is 0 Å². The molecular weight excluding hydrogens is 324 g/mol. The number of benzene rings is 2. The lowest BCUT2D eigenvalue weighted by Gasteiger charge is -2.18. The SMILES string of the molecule is COc1ccc(C(CNC(=O)C2CC2C)c2c[nH]c3ccccc23)cc1. The Kier molecular flexibility index (Phi) is 4.41. The number of ether oxygens (including phenoxy) is 1. The molecule has 26 heavy (non-hydrogen) atoms. The maximum atomic E-state index is 12.3. The minimum absolute atomic E-state index is 0.0927. The summed E-state index contributed by atoms with van der Waals surface area (Å²) in [7, 11) is 1.67. The normalized spacial score (nSPS) is 19.9. The van der Waals surface area contributed by atoms with E-state index < -0.39 is 0 Å². The van der Waals surface area contributed by atoms with Crippen molar-refractivity contribution in [1.82, 2.24) is 10.3 Å². The number of carbonyl (C=O) groups excluding carboxylic acids is 1. The summed E-state index contributed by atoms with van der Waals surface area (Å²) in [5, 5.41) is 4.37. The van der Waals surface area contributed by atoms with Gasteiger partial charge in [-0.15, -0.1) is 0 Å². The summed E-state index contributed by atoms with van der Waals surface area (Å²) in [6, 6.07) is 16.4. The number of nitrogens with one attached hydrogen (secondary N) is 2. The van der Waals surface area contributed by atoms with Gasteiger partial charge in [0.15, 0.2) is 0 Å². The van der Waals surface area contributed by atoms with Gasteiger partial charge in [0.05, 0.1) is 7.11 Å². The number of hydrogen-bond donors (Lipinski definition) is 2. The lowest BCUT2D eigenvalue weighted by molar-refractivity contribution is -0.122. The van der Waals surface area contributed by atoms with Gasteiger partial charge in [-0.25, -0.2) is 0 Å². The van der Waals surface area contributed by atoms with Crippen molar-refractivity contribution in [3.8, 4) is 5.75 Å². The highest BCUT2D eigenvalue weighted by atomic mass is 16.5. The molecule has 134 valence electrons. The third kappa shape index (κ3) is 3.19. The third-order valence-corrected chi connectivity index (χ3v) is 5.44. The Morgan fingerprint density at radius 2 is 1.96 bits per heavy atom. The molecule has 0 bridgehead atoms. The minimum atomic E-state index is 0.0927. The first kappa shape index (κ1) is 16.7. The van der Waals surface area contributed by atoms with Gasteiger partial charge in [0.25, 0.3) is 0 Å². The highest BCUT2D eigenvalue weighted by Gasteiger charge is 2.39. The molecule has 1 heterocycles. The topological polar surface area (TPSA) is 54.1 Å². The van der Waals surface area contributed by atoms with Crippen molar-refractivity contribution in [2.75, 3.05) is 13.7 Å². The van der Waals surface area contributed by atoms with E-state index in [1.54, 1.807) is 7.11 Å². The van der Waals surface area contributed by atoms with Crippen molar-refractivity contribution in [3.05, 3.63) is 65.9 Å². The van der Waals surface area contributed by atoms with E-state index in [9.17, 15) is 4.79 Å². The predicted molar refractivity (Wildman–Crippen MR) is 103 cm³/mol. The fourth-order valence-corrected chi connectivity index (χ4v) is 3.65. The Morgan fingerprint density at radius 1 is 1.23 bits per heavy atom. The first-order valence-electron chi connectivity index (χ1n) is 9.15. The lowest BCUT2D eigenvalue weighted by Crippen LogP contribution is -2.30. The minimum Gasteiger partial charge on any atom is -0.497 e. The van der Waals surface area contributed by atoms with Crippen LogP contribution in [0.4, 0.5) is 0 Å². The van der Waals surface area contributed by atoms with Crippen LogP contribution in [0.2, 0.25) is 0 Å². The molecule has 1 amide bonds. The molecule has 4 rings (SSSR count). The summed E-state index contributed by atoms with van der Waals surface area (Å²) in [6.45, 7) is 2.72. The van der Waals surface area contributed by atoms with Crippen LogP contribution in [0, 0.1) is 11.8 Å². The van der Waals surface area contributed by atoms with E-state index in [0.717, 1.165) is 17.7 Å². The fourth-order valence-electron chi connectivity index (χ4n) is 3.65. The van der Waals surface area contributed by atoms with Crippen molar-refractivity contribution >= 4 is 16.8 Å². The molecule has 0 spiro atoms. The Labute approximate surface area is 153 Å². The van der Waals surface area contributed by atoms with Crippen LogP contribution in [0.25, 0.3) is 10.9 Å². The number of methoxy groups -OCH3 is 1. The Bertz CT molecular complexity index is 913. The van der Waals surface area contributed by atoms with Gasteiger partial charge in [-0.1, -0.05) is 37.3 Å². The molecule has 0 saturated heterocycles. The highest BCUT2D eigenvalue weighted by Crippen LogP contribution is 2.38. The van der Waals surface area contributed by atoms with Gasteiger partial charge in [0.1, 0.15) is 5.75 Å². The van der Waals surface area contributed by atoms with Crippen LogP contribution in [-0.2, 0) is 4.79 Å². The quantitative estimate of drug-likeness (QED) is 0.705. The lowest BCUT2D eigenvalue weighted by atomic mass is 9.90. The second-order valence-corrected chi connectivity index (χ2v) is 7.18. The zero-order valence-corrected chi connectivity index (χ0v) is 15.2. The first-order valence-corrected chi connectivity index (χ1v) is 9.15. The predicted octanol–water partition coefficient (Wildman–Crippen LogP) is 4.08. The smallest absolute Gasteiger partial charge is 0.223 e. The average molecular weight is 348 g/mol. The van der Waals surface area contributed by atoms with Crippen molar-refractivity contribution < 1.29 is 9.53 Å². The van der Waals surface area contributed by atoms with Crippen LogP contribution in [-0.4, -0.2) is 24.5 Å². The van der Waals surface area contributed by atoms with Crippen LogP contribution in [0.3, 0.4) is 0 Å². The third-order valence-electron chi connectivity index (χ3n) is 5.44. The Morgan fingerprint density at radius 3 is 2.65 bits per heavy atom. The van der Waals surface area contributed by atoms with Gasteiger partial charge in [0.2, 0.25) is 5.91 Å². The molecule has 1 fully saturated rings. The summed E-state index contributed by atoms with van der Waals surface area (Å²) in [5.41, 5.74) is 3.48. The van der Waals surface area contributed by atoms with Crippen molar-refractivity contribution in [2.24, 2.45) is 11.8 Å². The first-order chi connectivity index (χ1) is 12.7. The summed E-state index contributed by atoms with van der Waals surface area (Å²) in [5.74, 6) is 1.81. The van der Waals surface area contributed by atoms with Gasteiger partial charge >= 0.3 is 0 Å². The molecule has 0 aliphatic heterocycles. The Hall–Kier alpha value is -2.75. The van der Waals surface area contributed by atoms with E-state index in [2.05, 4.69) is 53.8 Å². The molecule has 1 aliphatic carbocycles. The molecule has 3 atom stereocenters. The molecule has 1 aliphatic rings. The van der Waals surface area contributed by atoms with Crippen molar-refractivity contribution in [1.29, 1.82) is 0 Å². The molecular formula is C22H24N2O2. The molecule has 1 aromatic heterocycles. The number of amides is 1. The van der Waals surface area contributed by atoms with Crippen LogP contribution >= 0.6 is 0 Å². The monoisotopic (exact) mass is 348 g/mol. The maximum absolute atomic E-state index is 12.3. The number of H-pyrrole nitrogens is 1. The van der Waals surface area contributed by atoms with Gasteiger partial charge < -0.3 is 15.0 Å². The molecule has 2 N–H and O–H groups in total. The maximum Gasteiger partial charge on any atom is 0.223 e. The van der Waals surface area contributed by atoms with Gasteiger partial charge in [-0.05, 0) is 41.7 Å². The van der Waals surface area contributed by atoms with E-state index >= 15 is 0 Å². The fraction of sp³-hybridized carbons (Fsp3) is 0.318. The summed E-state index contributed by atoms with van der Waals surface area (Å²) < 4.78 is 5.28. The summed E-state index contributed by atoms with van der Waals surface area (Å²) >= 11 is 0. The van der Waals surface area contributed by atoms with Gasteiger partial charge in [-0.3, -0.25) is 4.79 Å². The molecule has 3 unspecified atom stereocenters. The number of fused-ring (bicyclic) bond motifs is 1. The van der Waals surface area contributed by atoms with E-state index in [1.807, 2.05) is 18.2 Å². The van der Waals surface area contributed by atoms with Crippen molar-refractivity contribution in [2.45, 2.75) is 19.3 Å². The summed E-state index contributed by atoms with van der Waals surface area (Å²) in [6.07, 6.45) is 3.07. The van der Waals surface area contributed by atoms with E-state index in [0.29, 0.717) is 12.5 Å². The standard InChI is InChI=1S/C22H24N2O2/c1-14-11-18(14)22(25)24-12-19(15-7-9-16(26-2)10-8-15)20-13-23-21-6-4-3-5-17(20)21/h3-10,13-14,18-19,23H,11-12H2,1-2H3,(H,24,25). The highest BCUT2D eigenvalue weighted by molar-refractivity contribution is 5.85. The van der Waals surface area contributed by atoms with E-state index in [4.69, 9.17) is 4.74 Å². The number of rotatable bonds is 6. The number of aromatic nitrogens is 1. The molecule has 4 heteroatoms. The van der Waals surface area contributed by atoms with E-state index in [-0.39, 0.29) is 17.7 Å². The van der Waals surface area contributed by atoms with Gasteiger partial charge in [0, 0.05) is 35.5 Å². The van der Waals surface area contributed by atoms with Crippen LogP contribution in [0.5, 0.6) is 5.75 Å². The van der Waals surface area contributed by atoms with Crippen LogP contribution in [0.1, 0.15) is 30.4 Å². The summed E-state index contributed by atoms with van der Waals surface area (Å²) in [4.78, 5) is 15.7. The van der Waals surface area contributed by atoms with E-state index in [1.165, 1.54) is 16.5 Å². The number of aromatic amines is 1. The second-order valence-electron chi connectivity index (χ2n) is 7.18. The van der Waals surface area contributed by atoms with Crippen LogP contribution < -0.4 is 10.1 Å². The molecule has 1 saturated carbocycles. The number of para-hydroxylation sites is 1. The zero-order valence-electron chi connectivity index (χ0n) is 15.2. The second kappa shape index (κ2) is 6.87. The number of carbonyl (C=O) groups is 1. The Balaban J connectivity index is 1.65. The molecule has 4 nitrogen and oxygen atoms in total. The largest absolute Gasteiger partial charge is 0.497 e. The van der Waals surface area contributed by atoms with Gasteiger partial charge in [-0.2, -0.15) is 0 Å². The average Bonchev–Trinajstić information content (AvgIpc) is 3.26.